The summed E-state index contributed by atoms with van der Waals surface area (Å²) < 4.78 is 5.22. The third-order valence-corrected chi connectivity index (χ3v) is 4.60. The number of cyclic esters (lactones) is 1. The van der Waals surface area contributed by atoms with Crippen LogP contribution in [0.25, 0.3) is 6.08 Å². The van der Waals surface area contributed by atoms with Crippen LogP contribution in [0.3, 0.4) is 0 Å². The molecule has 7 heteroatoms. The number of nitro groups is 1. The van der Waals surface area contributed by atoms with Gasteiger partial charge in [-0.3, -0.25) is 10.1 Å². The summed E-state index contributed by atoms with van der Waals surface area (Å²) in [5.41, 5.74) is 2.98. The van der Waals surface area contributed by atoms with Gasteiger partial charge >= 0.3 is 5.97 Å². The van der Waals surface area contributed by atoms with Crippen LogP contribution in [-0.4, -0.2) is 29.9 Å². The molecule has 0 aliphatic carbocycles. The molecule has 1 aliphatic rings. The minimum Gasteiger partial charge on any atom is -0.402 e. The number of aliphatic imine (C=N–C) groups is 1. The molecule has 1 heterocycles. The van der Waals surface area contributed by atoms with Gasteiger partial charge in [-0.25, -0.2) is 9.79 Å². The average molecular weight is 379 g/mol. The zero-order valence-electron chi connectivity index (χ0n) is 16.0. The van der Waals surface area contributed by atoms with E-state index in [4.69, 9.17) is 4.74 Å². The van der Waals surface area contributed by atoms with Crippen molar-refractivity contribution in [3.05, 3.63) is 75.0 Å². The molecule has 0 fully saturated rings. The maximum absolute atomic E-state index is 12.2. The molecule has 0 saturated carbocycles. The van der Waals surface area contributed by atoms with E-state index < -0.39 is 10.9 Å². The Morgan fingerprint density at radius 3 is 2.43 bits per heavy atom. The summed E-state index contributed by atoms with van der Waals surface area (Å²) in [6.07, 6.45) is 1.64. The number of ether oxygens (including phenoxy) is 1. The highest BCUT2D eigenvalue weighted by atomic mass is 16.6. The Kier molecular flexibility index (Phi) is 5.54. The zero-order chi connectivity index (χ0) is 20.3. The highest BCUT2D eigenvalue weighted by molar-refractivity contribution is 6.13. The predicted octanol–water partition coefficient (Wildman–Crippen LogP) is 4.09. The normalized spacial score (nSPS) is 14.8. The van der Waals surface area contributed by atoms with Crippen molar-refractivity contribution in [3.63, 3.8) is 0 Å². The van der Waals surface area contributed by atoms with Crippen LogP contribution in [0, 0.1) is 17.0 Å². The summed E-state index contributed by atoms with van der Waals surface area (Å²) in [4.78, 5) is 29.3. The Labute approximate surface area is 163 Å². The average Bonchev–Trinajstić information content (AvgIpc) is 3.04. The molecular weight excluding hydrogens is 358 g/mol. The van der Waals surface area contributed by atoms with Crippen molar-refractivity contribution in [3.8, 4) is 0 Å². The van der Waals surface area contributed by atoms with E-state index in [0.29, 0.717) is 11.1 Å². The minimum atomic E-state index is -0.578. The van der Waals surface area contributed by atoms with Crippen molar-refractivity contribution in [2.75, 3.05) is 18.0 Å². The highest BCUT2D eigenvalue weighted by Crippen LogP contribution is 2.24. The summed E-state index contributed by atoms with van der Waals surface area (Å²) in [5, 5.41) is 11.1. The lowest BCUT2D eigenvalue weighted by Crippen LogP contribution is -2.21. The number of hydrogen-bond donors (Lipinski definition) is 0. The molecule has 0 unspecified atom stereocenters. The van der Waals surface area contributed by atoms with E-state index in [-0.39, 0.29) is 17.3 Å². The molecule has 0 amide bonds. The van der Waals surface area contributed by atoms with Crippen LogP contribution in [0.4, 0.5) is 11.4 Å². The first-order valence-corrected chi connectivity index (χ1v) is 9.06. The van der Waals surface area contributed by atoms with E-state index >= 15 is 0 Å². The molecule has 0 radical (unpaired) electrons. The monoisotopic (exact) mass is 379 g/mol. The van der Waals surface area contributed by atoms with Crippen LogP contribution in [0.1, 0.15) is 30.5 Å². The fraction of sp³-hybridized carbons (Fsp3) is 0.238. The quantitative estimate of drug-likeness (QED) is 0.327. The van der Waals surface area contributed by atoms with E-state index in [1.54, 1.807) is 25.1 Å². The van der Waals surface area contributed by atoms with Gasteiger partial charge in [0.05, 0.1) is 4.92 Å². The topological polar surface area (TPSA) is 85.0 Å². The molecule has 0 atom stereocenters. The summed E-state index contributed by atoms with van der Waals surface area (Å²) in [6, 6.07) is 12.4. The van der Waals surface area contributed by atoms with E-state index in [1.807, 2.05) is 24.3 Å². The van der Waals surface area contributed by atoms with Gasteiger partial charge in [-0.05, 0) is 50.6 Å². The molecule has 2 aromatic carbocycles. The second-order valence-corrected chi connectivity index (χ2v) is 6.36. The number of nitro benzene ring substituents is 1. The molecule has 0 spiro atoms. The minimum absolute atomic E-state index is 0.0410. The van der Waals surface area contributed by atoms with E-state index in [2.05, 4.69) is 23.7 Å². The molecule has 0 bridgehead atoms. The molecule has 7 nitrogen and oxygen atoms in total. The van der Waals surface area contributed by atoms with Crippen LogP contribution in [0.5, 0.6) is 0 Å². The van der Waals surface area contributed by atoms with Crippen LogP contribution < -0.4 is 4.90 Å². The first-order valence-electron chi connectivity index (χ1n) is 9.06. The SMILES string of the molecule is CCN(CC)c1ccc(/C=C2/N=C(c3ccc(C)c([N+](=O)[O-])c3)OC2=O)cc1. The lowest BCUT2D eigenvalue weighted by atomic mass is 10.1. The van der Waals surface area contributed by atoms with E-state index in [1.165, 1.54) is 6.07 Å². The van der Waals surface area contributed by atoms with E-state index in [0.717, 1.165) is 24.3 Å². The molecule has 1 aliphatic heterocycles. The summed E-state index contributed by atoms with van der Waals surface area (Å²) in [7, 11) is 0. The lowest BCUT2D eigenvalue weighted by Gasteiger charge is -2.20. The van der Waals surface area contributed by atoms with Gasteiger partial charge < -0.3 is 9.64 Å². The Hall–Kier alpha value is -3.48. The van der Waals surface area contributed by atoms with Crippen molar-refractivity contribution in [1.29, 1.82) is 0 Å². The highest BCUT2D eigenvalue weighted by Gasteiger charge is 2.25. The number of carbonyl (C=O) groups excluding carboxylic acids is 1. The lowest BCUT2D eigenvalue weighted by molar-refractivity contribution is -0.385. The number of hydrogen-bond acceptors (Lipinski definition) is 6. The smallest absolute Gasteiger partial charge is 0.363 e. The van der Waals surface area contributed by atoms with Crippen LogP contribution in [0.15, 0.2) is 53.2 Å². The summed E-state index contributed by atoms with van der Waals surface area (Å²) in [6.45, 7) is 7.68. The maximum Gasteiger partial charge on any atom is 0.363 e. The third-order valence-electron chi connectivity index (χ3n) is 4.60. The fourth-order valence-corrected chi connectivity index (χ4v) is 3.00. The van der Waals surface area contributed by atoms with Crippen molar-refractivity contribution < 1.29 is 14.5 Å². The summed E-state index contributed by atoms with van der Waals surface area (Å²) >= 11 is 0. The Morgan fingerprint density at radius 2 is 1.82 bits per heavy atom. The maximum atomic E-state index is 12.2. The van der Waals surface area contributed by atoms with E-state index in [9.17, 15) is 14.9 Å². The number of aryl methyl sites for hydroxylation is 1. The van der Waals surface area contributed by atoms with Crippen LogP contribution >= 0.6 is 0 Å². The van der Waals surface area contributed by atoms with Gasteiger partial charge in [0, 0.05) is 36.0 Å². The van der Waals surface area contributed by atoms with Gasteiger partial charge in [-0.2, -0.15) is 0 Å². The van der Waals surface area contributed by atoms with Crippen LogP contribution in [0.2, 0.25) is 0 Å². The number of anilines is 1. The standard InChI is InChI=1S/C21H21N3O4/c1-4-23(5-2)17-10-7-15(8-11-17)12-18-21(25)28-20(22-18)16-9-6-14(3)19(13-16)24(26)27/h6-13H,4-5H2,1-3H3/b18-12+. The first-order chi connectivity index (χ1) is 13.4. The van der Waals surface area contributed by atoms with Gasteiger partial charge in [-0.1, -0.05) is 18.2 Å². The van der Waals surface area contributed by atoms with Crippen molar-refractivity contribution in [2.45, 2.75) is 20.8 Å². The number of benzene rings is 2. The molecule has 2 aromatic rings. The molecular formula is C21H21N3O4. The van der Waals surface area contributed by atoms with Gasteiger partial charge in [-0.15, -0.1) is 0 Å². The molecule has 0 saturated heterocycles. The number of nitrogens with zero attached hydrogens (tertiary/aromatic N) is 3. The summed E-state index contributed by atoms with van der Waals surface area (Å²) in [5.74, 6) is -0.509. The fourth-order valence-electron chi connectivity index (χ4n) is 3.00. The Bertz CT molecular complexity index is 974. The van der Waals surface area contributed by atoms with Crippen molar-refractivity contribution >= 4 is 29.3 Å². The van der Waals surface area contributed by atoms with Gasteiger partial charge in [0.1, 0.15) is 0 Å². The van der Waals surface area contributed by atoms with Crippen LogP contribution in [-0.2, 0) is 9.53 Å². The van der Waals surface area contributed by atoms with Crippen molar-refractivity contribution in [1.82, 2.24) is 0 Å². The molecule has 0 N–H and O–H groups in total. The molecule has 3 rings (SSSR count). The van der Waals surface area contributed by atoms with Gasteiger partial charge in [0.25, 0.3) is 5.69 Å². The molecule has 0 aromatic heterocycles. The number of rotatable bonds is 6. The van der Waals surface area contributed by atoms with Crippen molar-refractivity contribution in [2.24, 2.45) is 4.99 Å². The van der Waals surface area contributed by atoms with Gasteiger partial charge in [0.15, 0.2) is 5.70 Å². The second-order valence-electron chi connectivity index (χ2n) is 6.36. The Balaban J connectivity index is 1.88. The number of carbonyl (C=O) groups is 1. The number of esters is 1. The zero-order valence-corrected chi connectivity index (χ0v) is 16.0. The second kappa shape index (κ2) is 8.04. The third kappa shape index (κ3) is 3.93. The molecule has 144 valence electrons. The Morgan fingerprint density at radius 1 is 1.14 bits per heavy atom. The van der Waals surface area contributed by atoms with Gasteiger partial charge in [0.2, 0.25) is 5.90 Å². The largest absolute Gasteiger partial charge is 0.402 e. The predicted molar refractivity (Wildman–Crippen MR) is 108 cm³/mol. The first kappa shape index (κ1) is 19.3. The molecule has 28 heavy (non-hydrogen) atoms.